The largest absolute Gasteiger partial charge is 0.466 e. The van der Waals surface area contributed by atoms with Gasteiger partial charge in [-0.05, 0) is 6.92 Å². The average molecular weight is 300 g/mol. The fourth-order valence-electron chi connectivity index (χ4n) is 0.927. The summed E-state index contributed by atoms with van der Waals surface area (Å²) >= 11 is 0. The fourth-order valence-corrected chi connectivity index (χ4v) is 0.927. The van der Waals surface area contributed by atoms with Gasteiger partial charge >= 0.3 is 23.9 Å². The zero-order chi connectivity index (χ0) is 16.3. The van der Waals surface area contributed by atoms with Gasteiger partial charge in [-0.2, -0.15) is 0 Å². The summed E-state index contributed by atoms with van der Waals surface area (Å²) in [4.78, 5) is 43.9. The Morgan fingerprint density at radius 2 is 1.24 bits per heavy atom. The molecule has 116 valence electrons. The van der Waals surface area contributed by atoms with Crippen LogP contribution in [-0.4, -0.2) is 50.8 Å². The number of methoxy groups -OCH3 is 2. The second-order valence-corrected chi connectivity index (χ2v) is 3.59. The summed E-state index contributed by atoms with van der Waals surface area (Å²) in [7, 11) is 2.34. The number of hydrogen-bond donors (Lipinski definition) is 0. The van der Waals surface area contributed by atoms with Gasteiger partial charge in [-0.15, -0.1) is 0 Å². The molecule has 0 saturated heterocycles. The van der Waals surface area contributed by atoms with Crippen LogP contribution in [0.1, 0.15) is 6.92 Å². The summed E-state index contributed by atoms with van der Waals surface area (Å²) in [5, 5.41) is 0. The van der Waals surface area contributed by atoms with Crippen LogP contribution in [0.15, 0.2) is 24.3 Å². The SMILES string of the molecule is COC(=O)/C=C/C(=O)OCC(C)OC(=O)/C=C/C(=O)OC. The molecule has 0 aliphatic rings. The number of esters is 4. The quantitative estimate of drug-likeness (QED) is 0.365. The first-order valence-corrected chi connectivity index (χ1v) is 5.78. The lowest BCUT2D eigenvalue weighted by atomic mass is 10.4. The van der Waals surface area contributed by atoms with Crippen molar-refractivity contribution in [2.24, 2.45) is 0 Å². The molecule has 0 N–H and O–H groups in total. The van der Waals surface area contributed by atoms with E-state index in [1.54, 1.807) is 0 Å². The van der Waals surface area contributed by atoms with Crippen molar-refractivity contribution in [2.45, 2.75) is 13.0 Å². The summed E-state index contributed by atoms with van der Waals surface area (Å²) in [5.74, 6) is -2.96. The molecule has 0 radical (unpaired) electrons. The summed E-state index contributed by atoms with van der Waals surface area (Å²) in [6, 6.07) is 0. The molecular weight excluding hydrogens is 284 g/mol. The van der Waals surface area contributed by atoms with E-state index in [4.69, 9.17) is 9.47 Å². The molecule has 0 rings (SSSR count). The zero-order valence-electron chi connectivity index (χ0n) is 11.9. The van der Waals surface area contributed by atoms with E-state index in [1.165, 1.54) is 21.1 Å². The topological polar surface area (TPSA) is 105 Å². The monoisotopic (exact) mass is 300 g/mol. The van der Waals surface area contributed by atoms with Crippen molar-refractivity contribution in [1.29, 1.82) is 0 Å². The molecule has 0 fully saturated rings. The van der Waals surface area contributed by atoms with Gasteiger partial charge in [0.05, 0.1) is 14.2 Å². The third-order valence-corrected chi connectivity index (χ3v) is 1.89. The van der Waals surface area contributed by atoms with Crippen molar-refractivity contribution in [1.82, 2.24) is 0 Å². The minimum atomic E-state index is -0.784. The van der Waals surface area contributed by atoms with Gasteiger partial charge in [0.25, 0.3) is 0 Å². The van der Waals surface area contributed by atoms with Gasteiger partial charge in [0.1, 0.15) is 12.7 Å². The minimum Gasteiger partial charge on any atom is -0.466 e. The Morgan fingerprint density at radius 3 is 1.71 bits per heavy atom. The van der Waals surface area contributed by atoms with Gasteiger partial charge in [-0.3, -0.25) is 0 Å². The maximum atomic E-state index is 11.2. The molecule has 0 aromatic heterocycles. The van der Waals surface area contributed by atoms with Gasteiger partial charge in [0.2, 0.25) is 0 Å². The Kier molecular flexibility index (Phi) is 8.90. The Hall–Kier alpha value is -2.64. The van der Waals surface area contributed by atoms with Gasteiger partial charge < -0.3 is 18.9 Å². The lowest BCUT2D eigenvalue weighted by Crippen LogP contribution is -2.21. The van der Waals surface area contributed by atoms with Gasteiger partial charge in [0, 0.05) is 24.3 Å². The van der Waals surface area contributed by atoms with E-state index in [0.29, 0.717) is 0 Å². The summed E-state index contributed by atoms with van der Waals surface area (Å²) in [6.07, 6.45) is 2.85. The minimum absolute atomic E-state index is 0.206. The van der Waals surface area contributed by atoms with Crippen LogP contribution in [-0.2, 0) is 38.1 Å². The van der Waals surface area contributed by atoms with Crippen LogP contribution in [0.5, 0.6) is 0 Å². The lowest BCUT2D eigenvalue weighted by Gasteiger charge is -2.11. The number of rotatable bonds is 7. The Morgan fingerprint density at radius 1 is 0.810 bits per heavy atom. The molecular formula is C13H16O8. The molecule has 0 saturated carbocycles. The first kappa shape index (κ1) is 18.4. The average Bonchev–Trinajstić information content (AvgIpc) is 2.47. The van der Waals surface area contributed by atoms with Crippen molar-refractivity contribution in [3.63, 3.8) is 0 Å². The van der Waals surface area contributed by atoms with E-state index in [9.17, 15) is 19.2 Å². The summed E-state index contributed by atoms with van der Waals surface area (Å²) < 4.78 is 18.1. The second kappa shape index (κ2) is 10.2. The lowest BCUT2D eigenvalue weighted by molar-refractivity contribution is -0.151. The molecule has 0 aliphatic heterocycles. The van der Waals surface area contributed by atoms with E-state index >= 15 is 0 Å². The van der Waals surface area contributed by atoms with Crippen LogP contribution in [0.4, 0.5) is 0 Å². The van der Waals surface area contributed by atoms with E-state index in [-0.39, 0.29) is 6.61 Å². The van der Waals surface area contributed by atoms with Crippen LogP contribution >= 0.6 is 0 Å². The van der Waals surface area contributed by atoms with Gasteiger partial charge in [-0.25, -0.2) is 19.2 Å². The van der Waals surface area contributed by atoms with Crippen LogP contribution in [0.25, 0.3) is 0 Å². The highest BCUT2D eigenvalue weighted by molar-refractivity contribution is 5.92. The molecule has 8 nitrogen and oxygen atoms in total. The third kappa shape index (κ3) is 9.88. The van der Waals surface area contributed by atoms with Gasteiger partial charge in [-0.1, -0.05) is 0 Å². The van der Waals surface area contributed by atoms with Crippen LogP contribution < -0.4 is 0 Å². The Bertz CT molecular complexity index is 449. The zero-order valence-corrected chi connectivity index (χ0v) is 11.9. The predicted molar refractivity (Wildman–Crippen MR) is 68.8 cm³/mol. The highest BCUT2D eigenvalue weighted by Crippen LogP contribution is 1.96. The van der Waals surface area contributed by atoms with Crippen molar-refractivity contribution in [2.75, 3.05) is 20.8 Å². The molecule has 0 bridgehead atoms. The molecule has 0 spiro atoms. The third-order valence-electron chi connectivity index (χ3n) is 1.89. The number of carbonyl (C=O) groups is 4. The Balaban J connectivity index is 4.07. The highest BCUT2D eigenvalue weighted by Gasteiger charge is 2.10. The molecule has 0 heterocycles. The number of hydrogen-bond acceptors (Lipinski definition) is 8. The molecule has 0 aromatic rings. The van der Waals surface area contributed by atoms with Crippen LogP contribution in [0.2, 0.25) is 0 Å². The maximum Gasteiger partial charge on any atom is 0.331 e. The molecule has 0 aromatic carbocycles. The van der Waals surface area contributed by atoms with Crippen LogP contribution in [0, 0.1) is 0 Å². The first-order valence-electron chi connectivity index (χ1n) is 5.78. The smallest absolute Gasteiger partial charge is 0.331 e. The number of ether oxygens (including phenoxy) is 4. The Labute approximate surface area is 121 Å². The molecule has 0 aliphatic carbocycles. The van der Waals surface area contributed by atoms with Crippen LogP contribution in [0.3, 0.4) is 0 Å². The van der Waals surface area contributed by atoms with Crippen molar-refractivity contribution < 1.29 is 38.1 Å². The summed E-state index contributed by atoms with van der Waals surface area (Å²) in [5.41, 5.74) is 0. The highest BCUT2D eigenvalue weighted by atomic mass is 16.6. The van der Waals surface area contributed by atoms with E-state index in [2.05, 4.69) is 9.47 Å². The second-order valence-electron chi connectivity index (χ2n) is 3.59. The fraction of sp³-hybridized carbons (Fsp3) is 0.385. The van der Waals surface area contributed by atoms with Gasteiger partial charge in [0.15, 0.2) is 0 Å². The van der Waals surface area contributed by atoms with Crippen molar-refractivity contribution >= 4 is 23.9 Å². The normalized spacial score (nSPS) is 12.0. The molecule has 1 atom stereocenters. The van der Waals surface area contributed by atoms with Crippen molar-refractivity contribution in [3.05, 3.63) is 24.3 Å². The van der Waals surface area contributed by atoms with E-state index in [1.807, 2.05) is 0 Å². The maximum absolute atomic E-state index is 11.2. The summed E-state index contributed by atoms with van der Waals surface area (Å²) in [6.45, 7) is 1.28. The molecule has 1 unspecified atom stereocenters. The molecule has 8 heteroatoms. The van der Waals surface area contributed by atoms with E-state index < -0.39 is 30.0 Å². The predicted octanol–water partition coefficient (Wildman–Crippen LogP) is -0.0803. The standard InChI is InChI=1S/C13H16O8/c1-9(21-13(17)7-5-11(15)19-3)8-20-12(16)6-4-10(14)18-2/h4-7,9H,8H2,1-3H3/b6-4+,7-5+. The molecule has 0 amide bonds. The first-order chi connectivity index (χ1) is 9.88. The number of carbonyl (C=O) groups excluding carboxylic acids is 4. The van der Waals surface area contributed by atoms with Crippen molar-refractivity contribution in [3.8, 4) is 0 Å². The van der Waals surface area contributed by atoms with E-state index in [0.717, 1.165) is 24.3 Å². The molecule has 21 heavy (non-hydrogen) atoms.